The van der Waals surface area contributed by atoms with E-state index in [1.54, 1.807) is 6.07 Å². The molecule has 0 aliphatic heterocycles. The standard InChI is InChI=1S/C15H21BrN2O2.ClH/c1-9(2)20-14-7-11(16)5-6-12(14)15(19)18-13(8-17)10-3-4-10;/h5-7,9-10,13H,3-4,8,17H2,1-2H3,(H,18,19);1H. The predicted molar refractivity (Wildman–Crippen MR) is 90.2 cm³/mol. The van der Waals surface area contributed by atoms with Gasteiger partial charge in [-0.25, -0.2) is 0 Å². The summed E-state index contributed by atoms with van der Waals surface area (Å²) in [5, 5.41) is 3.02. The van der Waals surface area contributed by atoms with Gasteiger partial charge in [-0.3, -0.25) is 4.79 Å². The Morgan fingerprint density at radius 1 is 1.48 bits per heavy atom. The summed E-state index contributed by atoms with van der Waals surface area (Å²) in [5.41, 5.74) is 6.29. The summed E-state index contributed by atoms with van der Waals surface area (Å²) < 4.78 is 6.61. The summed E-state index contributed by atoms with van der Waals surface area (Å²) in [7, 11) is 0. The zero-order valence-corrected chi connectivity index (χ0v) is 14.7. The number of nitrogens with one attached hydrogen (secondary N) is 1. The lowest BCUT2D eigenvalue weighted by molar-refractivity contribution is 0.0927. The molecule has 3 N–H and O–H groups in total. The fourth-order valence-corrected chi connectivity index (χ4v) is 2.49. The molecule has 1 amide bonds. The number of amides is 1. The van der Waals surface area contributed by atoms with Crippen molar-refractivity contribution in [3.05, 3.63) is 28.2 Å². The predicted octanol–water partition coefficient (Wildman–Crippen LogP) is 3.13. The van der Waals surface area contributed by atoms with Gasteiger partial charge in [0.05, 0.1) is 11.7 Å². The van der Waals surface area contributed by atoms with Crippen LogP contribution in [0.3, 0.4) is 0 Å². The van der Waals surface area contributed by atoms with Gasteiger partial charge in [0.1, 0.15) is 5.75 Å². The number of hydrogen-bond acceptors (Lipinski definition) is 3. The smallest absolute Gasteiger partial charge is 0.255 e. The Balaban J connectivity index is 0.00000220. The van der Waals surface area contributed by atoms with Crippen molar-refractivity contribution in [3.8, 4) is 5.75 Å². The highest BCUT2D eigenvalue weighted by molar-refractivity contribution is 9.10. The maximum absolute atomic E-state index is 12.4. The first-order valence-electron chi connectivity index (χ1n) is 6.98. The molecule has 0 saturated heterocycles. The van der Waals surface area contributed by atoms with Crippen LogP contribution in [0.4, 0.5) is 0 Å². The van der Waals surface area contributed by atoms with Crippen molar-refractivity contribution in [2.45, 2.75) is 38.8 Å². The van der Waals surface area contributed by atoms with Crippen LogP contribution < -0.4 is 15.8 Å². The summed E-state index contributed by atoms with van der Waals surface area (Å²) in [6.45, 7) is 4.36. The number of ether oxygens (including phenoxy) is 1. The summed E-state index contributed by atoms with van der Waals surface area (Å²) in [6, 6.07) is 5.51. The lowest BCUT2D eigenvalue weighted by Crippen LogP contribution is -2.41. The minimum Gasteiger partial charge on any atom is -0.490 e. The SMILES string of the molecule is CC(C)Oc1cc(Br)ccc1C(=O)NC(CN)C1CC1.Cl. The molecule has 0 bridgehead atoms. The summed E-state index contributed by atoms with van der Waals surface area (Å²) in [6.07, 6.45) is 2.32. The van der Waals surface area contributed by atoms with Crippen LogP contribution >= 0.6 is 28.3 Å². The zero-order chi connectivity index (χ0) is 14.7. The van der Waals surface area contributed by atoms with E-state index in [2.05, 4.69) is 21.2 Å². The van der Waals surface area contributed by atoms with Gasteiger partial charge in [0, 0.05) is 17.1 Å². The van der Waals surface area contributed by atoms with Gasteiger partial charge in [-0.2, -0.15) is 0 Å². The third kappa shape index (κ3) is 5.16. The molecule has 1 aromatic rings. The van der Waals surface area contributed by atoms with Crippen molar-refractivity contribution in [3.63, 3.8) is 0 Å². The Bertz CT molecular complexity index is 493. The number of rotatable bonds is 6. The first-order chi connectivity index (χ1) is 9.51. The molecule has 2 rings (SSSR count). The highest BCUT2D eigenvalue weighted by atomic mass is 79.9. The molecule has 6 heteroatoms. The van der Waals surface area contributed by atoms with E-state index in [1.807, 2.05) is 26.0 Å². The maximum atomic E-state index is 12.4. The first-order valence-corrected chi connectivity index (χ1v) is 7.77. The lowest BCUT2D eigenvalue weighted by Gasteiger charge is -2.18. The minimum absolute atomic E-state index is 0. The quantitative estimate of drug-likeness (QED) is 0.800. The van der Waals surface area contributed by atoms with Crippen LogP contribution in [0.2, 0.25) is 0 Å². The number of hydrogen-bond donors (Lipinski definition) is 2. The molecule has 1 aromatic carbocycles. The van der Waals surface area contributed by atoms with Crippen LogP contribution in [0.1, 0.15) is 37.0 Å². The van der Waals surface area contributed by atoms with Gasteiger partial charge in [0.2, 0.25) is 0 Å². The van der Waals surface area contributed by atoms with Gasteiger partial charge in [-0.15, -0.1) is 12.4 Å². The molecule has 21 heavy (non-hydrogen) atoms. The molecule has 1 fully saturated rings. The van der Waals surface area contributed by atoms with E-state index in [0.717, 1.165) is 17.3 Å². The number of nitrogens with two attached hydrogens (primary N) is 1. The van der Waals surface area contributed by atoms with Crippen molar-refractivity contribution in [2.75, 3.05) is 6.54 Å². The van der Waals surface area contributed by atoms with E-state index in [9.17, 15) is 4.79 Å². The van der Waals surface area contributed by atoms with Gasteiger partial charge in [0.25, 0.3) is 5.91 Å². The molecule has 1 atom stereocenters. The van der Waals surface area contributed by atoms with Gasteiger partial charge in [-0.05, 0) is 50.8 Å². The molecule has 1 aliphatic carbocycles. The second-order valence-corrected chi connectivity index (χ2v) is 6.38. The third-order valence-electron chi connectivity index (χ3n) is 3.31. The number of benzene rings is 1. The number of carbonyl (C=O) groups is 1. The summed E-state index contributed by atoms with van der Waals surface area (Å²) in [5.74, 6) is 1.02. The van der Waals surface area contributed by atoms with Crippen molar-refractivity contribution in [1.82, 2.24) is 5.32 Å². The molecule has 1 saturated carbocycles. The van der Waals surface area contributed by atoms with Gasteiger partial charge < -0.3 is 15.8 Å². The van der Waals surface area contributed by atoms with Crippen LogP contribution in [0.25, 0.3) is 0 Å². The molecule has 1 aliphatic rings. The van der Waals surface area contributed by atoms with E-state index in [4.69, 9.17) is 10.5 Å². The summed E-state index contributed by atoms with van der Waals surface area (Å²) >= 11 is 3.40. The molecule has 118 valence electrons. The second kappa shape index (κ2) is 8.01. The Morgan fingerprint density at radius 3 is 2.67 bits per heavy atom. The van der Waals surface area contributed by atoms with Gasteiger partial charge >= 0.3 is 0 Å². The van der Waals surface area contributed by atoms with Crippen molar-refractivity contribution < 1.29 is 9.53 Å². The molecule has 0 heterocycles. The molecule has 4 nitrogen and oxygen atoms in total. The Labute approximate surface area is 140 Å². The molecular formula is C15H22BrClN2O2. The number of carbonyl (C=O) groups excluding carboxylic acids is 1. The fourth-order valence-electron chi connectivity index (χ4n) is 2.15. The van der Waals surface area contributed by atoms with Crippen LogP contribution in [-0.2, 0) is 0 Å². The van der Waals surface area contributed by atoms with Crippen LogP contribution in [-0.4, -0.2) is 24.6 Å². The van der Waals surface area contributed by atoms with E-state index >= 15 is 0 Å². The highest BCUT2D eigenvalue weighted by Gasteiger charge is 2.31. The molecular weight excluding hydrogens is 356 g/mol. The van der Waals surface area contributed by atoms with Crippen molar-refractivity contribution >= 4 is 34.2 Å². The van der Waals surface area contributed by atoms with E-state index < -0.39 is 0 Å². The highest BCUT2D eigenvalue weighted by Crippen LogP contribution is 2.32. The van der Waals surface area contributed by atoms with Gasteiger partial charge in [-0.1, -0.05) is 15.9 Å². The molecule has 1 unspecified atom stereocenters. The first kappa shape index (κ1) is 18.3. The average Bonchev–Trinajstić information content (AvgIpc) is 3.19. The fraction of sp³-hybridized carbons (Fsp3) is 0.533. The lowest BCUT2D eigenvalue weighted by atomic mass is 10.1. The van der Waals surface area contributed by atoms with E-state index in [0.29, 0.717) is 23.8 Å². The topological polar surface area (TPSA) is 64.3 Å². The normalized spacial score (nSPS) is 15.3. The van der Waals surface area contributed by atoms with Crippen LogP contribution in [0, 0.1) is 5.92 Å². The van der Waals surface area contributed by atoms with Crippen LogP contribution in [0.15, 0.2) is 22.7 Å². The third-order valence-corrected chi connectivity index (χ3v) is 3.81. The van der Waals surface area contributed by atoms with Crippen molar-refractivity contribution in [1.29, 1.82) is 0 Å². The average molecular weight is 378 g/mol. The van der Waals surface area contributed by atoms with Crippen molar-refractivity contribution in [2.24, 2.45) is 11.7 Å². The zero-order valence-electron chi connectivity index (χ0n) is 12.3. The molecule has 0 spiro atoms. The molecule has 0 aromatic heterocycles. The largest absolute Gasteiger partial charge is 0.490 e. The minimum atomic E-state index is -0.115. The Hall–Kier alpha value is -0.780. The van der Waals surface area contributed by atoms with E-state index in [1.165, 1.54) is 0 Å². The van der Waals surface area contributed by atoms with Gasteiger partial charge in [0.15, 0.2) is 0 Å². The van der Waals surface area contributed by atoms with Crippen LogP contribution in [0.5, 0.6) is 5.75 Å². The number of halogens is 2. The summed E-state index contributed by atoms with van der Waals surface area (Å²) in [4.78, 5) is 12.4. The second-order valence-electron chi connectivity index (χ2n) is 5.46. The Morgan fingerprint density at radius 2 is 2.14 bits per heavy atom. The Kier molecular flexibility index (Phi) is 6.97. The maximum Gasteiger partial charge on any atom is 0.255 e. The molecule has 0 radical (unpaired) electrons. The monoisotopic (exact) mass is 376 g/mol. The van der Waals surface area contributed by atoms with E-state index in [-0.39, 0.29) is 30.5 Å².